The van der Waals surface area contributed by atoms with Gasteiger partial charge in [0.15, 0.2) is 0 Å². The third-order valence-corrected chi connectivity index (χ3v) is 6.06. The molecule has 1 amide bonds. The number of carbonyl (C=O) groups is 2. The van der Waals surface area contributed by atoms with Crippen molar-refractivity contribution in [3.05, 3.63) is 30.1 Å². The Morgan fingerprint density at radius 1 is 1.26 bits per heavy atom. The van der Waals surface area contributed by atoms with E-state index in [0.29, 0.717) is 30.3 Å². The highest BCUT2D eigenvalue weighted by Gasteiger charge is 2.46. The van der Waals surface area contributed by atoms with Gasteiger partial charge >= 0.3 is 12.1 Å². The second-order valence-corrected chi connectivity index (χ2v) is 8.13. The molecule has 4 rings (SSSR count). The molecule has 7 nitrogen and oxygen atoms in total. The Hall–Kier alpha value is -2.20. The molecule has 172 valence electrons. The number of alkyl halides is 3. The number of hydrogen-bond donors (Lipinski definition) is 1. The standard InChI is InChI=1S/C19H26N2O3.C2HF3O2/c22-19(14-4-3-5-14)21-10-17-15(12-24-18(17)11-21)7-9-23-13-16-6-1-2-8-20-16;3-2(4,5)1(6)7/h1-2,6,8,14-15,17-18H,3-5,7,9-13H2;(H,6,7)/t15-,17-,18-;/m0./s1. The average molecular weight is 444 g/mol. The van der Waals surface area contributed by atoms with E-state index in [2.05, 4.69) is 9.88 Å². The summed E-state index contributed by atoms with van der Waals surface area (Å²) in [5, 5.41) is 7.12. The molecule has 1 aromatic rings. The van der Waals surface area contributed by atoms with E-state index in [1.54, 1.807) is 6.20 Å². The van der Waals surface area contributed by atoms with Crippen LogP contribution in [-0.2, 0) is 25.7 Å². The Kier molecular flexibility index (Phi) is 7.88. The third-order valence-electron chi connectivity index (χ3n) is 6.06. The van der Waals surface area contributed by atoms with Gasteiger partial charge < -0.3 is 19.5 Å². The van der Waals surface area contributed by atoms with Crippen molar-refractivity contribution in [1.82, 2.24) is 9.88 Å². The van der Waals surface area contributed by atoms with Crippen LogP contribution >= 0.6 is 0 Å². The molecule has 31 heavy (non-hydrogen) atoms. The van der Waals surface area contributed by atoms with Gasteiger partial charge in [-0.15, -0.1) is 0 Å². The molecule has 10 heteroatoms. The molecule has 1 aromatic heterocycles. The summed E-state index contributed by atoms with van der Waals surface area (Å²) < 4.78 is 43.5. The number of carboxylic acids is 1. The first-order valence-corrected chi connectivity index (χ1v) is 10.4. The van der Waals surface area contributed by atoms with Crippen molar-refractivity contribution in [3.8, 4) is 0 Å². The fourth-order valence-electron chi connectivity index (χ4n) is 4.08. The van der Waals surface area contributed by atoms with E-state index >= 15 is 0 Å². The second kappa shape index (κ2) is 10.4. The number of carboxylic acid groups (broad SMARTS) is 1. The van der Waals surface area contributed by atoms with Crippen molar-refractivity contribution >= 4 is 11.9 Å². The van der Waals surface area contributed by atoms with Crippen LogP contribution in [0.1, 0.15) is 31.4 Å². The maximum atomic E-state index is 12.4. The first-order valence-electron chi connectivity index (χ1n) is 10.4. The van der Waals surface area contributed by atoms with Crippen LogP contribution < -0.4 is 0 Å². The zero-order valence-electron chi connectivity index (χ0n) is 17.1. The minimum Gasteiger partial charge on any atom is -0.475 e. The van der Waals surface area contributed by atoms with Crippen LogP contribution in [0, 0.1) is 17.8 Å². The number of ether oxygens (including phenoxy) is 2. The number of pyridine rings is 1. The summed E-state index contributed by atoms with van der Waals surface area (Å²) in [6, 6.07) is 5.87. The largest absolute Gasteiger partial charge is 0.490 e. The number of rotatable bonds is 6. The van der Waals surface area contributed by atoms with Gasteiger partial charge in [-0.3, -0.25) is 9.78 Å². The predicted octanol–water partition coefficient (Wildman–Crippen LogP) is 2.90. The lowest BCUT2D eigenvalue weighted by atomic mass is 9.84. The highest BCUT2D eigenvalue weighted by molar-refractivity contribution is 5.80. The van der Waals surface area contributed by atoms with Crippen LogP contribution in [-0.4, -0.2) is 65.5 Å². The Labute approximate surface area is 178 Å². The van der Waals surface area contributed by atoms with Gasteiger partial charge in [0, 0.05) is 37.7 Å². The number of aromatic nitrogens is 1. The topological polar surface area (TPSA) is 89.0 Å². The fourth-order valence-corrected chi connectivity index (χ4v) is 4.08. The van der Waals surface area contributed by atoms with Gasteiger partial charge in [-0.1, -0.05) is 12.5 Å². The highest BCUT2D eigenvalue weighted by Crippen LogP contribution is 2.38. The Balaban J connectivity index is 0.000000339. The Morgan fingerprint density at radius 3 is 2.58 bits per heavy atom. The molecule has 0 spiro atoms. The Morgan fingerprint density at radius 2 is 2.00 bits per heavy atom. The zero-order chi connectivity index (χ0) is 22.4. The van der Waals surface area contributed by atoms with Gasteiger partial charge in [0.2, 0.25) is 5.91 Å². The van der Waals surface area contributed by atoms with Gasteiger partial charge in [0.25, 0.3) is 0 Å². The van der Waals surface area contributed by atoms with Gasteiger partial charge in [0.05, 0.1) is 25.0 Å². The van der Waals surface area contributed by atoms with Gasteiger partial charge in [0.1, 0.15) is 0 Å². The van der Waals surface area contributed by atoms with Crippen LogP contribution in [0.15, 0.2) is 24.4 Å². The van der Waals surface area contributed by atoms with Crippen molar-refractivity contribution in [2.24, 2.45) is 17.8 Å². The van der Waals surface area contributed by atoms with Crippen molar-refractivity contribution in [2.45, 2.75) is 44.6 Å². The molecule has 1 saturated carbocycles. The molecule has 3 aliphatic rings. The monoisotopic (exact) mass is 444 g/mol. The molecule has 3 fully saturated rings. The number of halogens is 3. The smallest absolute Gasteiger partial charge is 0.475 e. The fraction of sp³-hybridized carbons (Fsp3) is 0.667. The van der Waals surface area contributed by atoms with Crippen molar-refractivity contribution in [1.29, 1.82) is 0 Å². The van der Waals surface area contributed by atoms with E-state index in [1.807, 2.05) is 18.2 Å². The van der Waals surface area contributed by atoms with Crippen molar-refractivity contribution in [3.63, 3.8) is 0 Å². The maximum Gasteiger partial charge on any atom is 0.490 e. The maximum absolute atomic E-state index is 12.4. The number of nitrogens with zero attached hydrogens (tertiary/aromatic N) is 2. The van der Waals surface area contributed by atoms with E-state index < -0.39 is 12.1 Å². The molecule has 0 aromatic carbocycles. The number of carbonyl (C=O) groups excluding carboxylic acids is 1. The number of aliphatic carboxylic acids is 1. The first kappa shape index (κ1) is 23.5. The molecular weight excluding hydrogens is 417 g/mol. The minimum atomic E-state index is -5.08. The third kappa shape index (κ3) is 6.39. The Bertz CT molecular complexity index is 742. The molecule has 0 radical (unpaired) electrons. The average Bonchev–Trinajstić information content (AvgIpc) is 3.26. The molecule has 2 aliphatic heterocycles. The summed E-state index contributed by atoms with van der Waals surface area (Å²) >= 11 is 0. The first-order chi connectivity index (χ1) is 14.8. The summed E-state index contributed by atoms with van der Waals surface area (Å²) in [5.41, 5.74) is 0.969. The van der Waals surface area contributed by atoms with Crippen molar-refractivity contribution < 1.29 is 37.3 Å². The normalized spacial score (nSPS) is 25.4. The molecule has 3 heterocycles. The van der Waals surface area contributed by atoms with E-state index in [-0.39, 0.29) is 6.10 Å². The number of likely N-dealkylation sites (tertiary alicyclic amines) is 1. The molecule has 1 N–H and O–H groups in total. The summed E-state index contributed by atoms with van der Waals surface area (Å²) in [6.07, 6.45) is 1.32. The zero-order valence-corrected chi connectivity index (χ0v) is 17.1. The van der Waals surface area contributed by atoms with Crippen LogP contribution in [0.25, 0.3) is 0 Å². The van der Waals surface area contributed by atoms with E-state index in [0.717, 1.165) is 51.3 Å². The van der Waals surface area contributed by atoms with Crippen LogP contribution in [0.4, 0.5) is 13.2 Å². The lowest BCUT2D eigenvalue weighted by Gasteiger charge is -2.29. The summed E-state index contributed by atoms with van der Waals surface area (Å²) in [5.74, 6) is -1.09. The van der Waals surface area contributed by atoms with Crippen LogP contribution in [0.5, 0.6) is 0 Å². The molecule has 0 unspecified atom stereocenters. The summed E-state index contributed by atoms with van der Waals surface area (Å²) in [7, 11) is 0. The number of hydrogen-bond acceptors (Lipinski definition) is 5. The molecule has 3 atom stereocenters. The van der Waals surface area contributed by atoms with Gasteiger partial charge in [-0.25, -0.2) is 4.79 Å². The van der Waals surface area contributed by atoms with E-state index in [4.69, 9.17) is 19.4 Å². The van der Waals surface area contributed by atoms with Gasteiger partial charge in [-0.2, -0.15) is 13.2 Å². The molecular formula is C21H27F3N2O5. The lowest BCUT2D eigenvalue weighted by Crippen LogP contribution is -2.38. The quantitative estimate of drug-likeness (QED) is 0.679. The van der Waals surface area contributed by atoms with Crippen LogP contribution in [0.3, 0.4) is 0 Å². The number of amides is 1. The van der Waals surface area contributed by atoms with Gasteiger partial charge in [-0.05, 0) is 37.3 Å². The summed E-state index contributed by atoms with van der Waals surface area (Å²) in [4.78, 5) is 27.6. The van der Waals surface area contributed by atoms with Crippen LogP contribution in [0.2, 0.25) is 0 Å². The van der Waals surface area contributed by atoms with E-state index in [9.17, 15) is 18.0 Å². The lowest BCUT2D eigenvalue weighted by molar-refractivity contribution is -0.192. The SMILES string of the molecule is O=C(C1CCC1)N1C[C@H]2[C@@H](CCOCc3ccccn3)CO[C@H]2C1.O=C(O)C(F)(F)F. The molecule has 1 aliphatic carbocycles. The minimum absolute atomic E-state index is 0.245. The number of fused-ring (bicyclic) bond motifs is 1. The predicted molar refractivity (Wildman–Crippen MR) is 103 cm³/mol. The highest BCUT2D eigenvalue weighted by atomic mass is 19.4. The van der Waals surface area contributed by atoms with Crippen molar-refractivity contribution in [2.75, 3.05) is 26.3 Å². The molecule has 0 bridgehead atoms. The molecule has 2 saturated heterocycles. The summed E-state index contributed by atoms with van der Waals surface area (Å²) in [6.45, 7) is 3.78. The van der Waals surface area contributed by atoms with E-state index in [1.165, 1.54) is 6.42 Å². The second-order valence-electron chi connectivity index (χ2n) is 8.13.